The van der Waals surface area contributed by atoms with E-state index < -0.39 is 10.0 Å². The zero-order valence-electron chi connectivity index (χ0n) is 16.2. The Balaban J connectivity index is 1.47. The average Bonchev–Trinajstić information content (AvgIpc) is 3.46. The molecule has 0 aromatic heterocycles. The second-order valence-corrected chi connectivity index (χ2v) is 9.36. The van der Waals surface area contributed by atoms with Crippen molar-refractivity contribution in [2.45, 2.75) is 30.2 Å². The van der Waals surface area contributed by atoms with Gasteiger partial charge in [-0.15, -0.1) is 0 Å². The van der Waals surface area contributed by atoms with Crippen LogP contribution >= 0.6 is 0 Å². The smallest absolute Gasteiger partial charge is 0.253 e. The lowest BCUT2D eigenvalue weighted by Gasteiger charge is -2.32. The molecule has 0 atom stereocenters. The summed E-state index contributed by atoms with van der Waals surface area (Å²) in [4.78, 5) is 19.2. The highest BCUT2D eigenvalue weighted by Gasteiger charge is 2.28. The van der Waals surface area contributed by atoms with Gasteiger partial charge in [-0.25, -0.2) is 13.1 Å². The van der Waals surface area contributed by atoms with E-state index in [9.17, 15) is 13.2 Å². The van der Waals surface area contributed by atoms with Gasteiger partial charge in [-0.05, 0) is 57.1 Å². The van der Waals surface area contributed by atoms with Crippen LogP contribution in [0.2, 0.25) is 0 Å². The first-order chi connectivity index (χ1) is 12.8. The van der Waals surface area contributed by atoms with Crippen LogP contribution < -0.4 is 4.72 Å². The Morgan fingerprint density at radius 3 is 2.37 bits per heavy atom. The fourth-order valence-corrected chi connectivity index (χ4v) is 4.50. The highest BCUT2D eigenvalue weighted by Crippen LogP contribution is 2.22. The molecule has 7 nitrogen and oxygen atoms in total. The minimum absolute atomic E-state index is 0.0720. The van der Waals surface area contributed by atoms with Gasteiger partial charge < -0.3 is 14.7 Å². The van der Waals surface area contributed by atoms with Crippen LogP contribution in [0.3, 0.4) is 0 Å². The highest BCUT2D eigenvalue weighted by atomic mass is 32.2. The van der Waals surface area contributed by atoms with E-state index in [0.29, 0.717) is 12.1 Å². The SMILES string of the molecule is CN1CCN(CCCN(C)C(=O)c2ccc(S(=O)(=O)NC3CC3)cc2)CC1. The summed E-state index contributed by atoms with van der Waals surface area (Å²) in [6, 6.07) is 6.29. The number of carbonyl (C=O) groups is 1. The molecule has 1 heterocycles. The number of amides is 1. The van der Waals surface area contributed by atoms with Crippen LogP contribution in [0.4, 0.5) is 0 Å². The minimum atomic E-state index is -3.47. The van der Waals surface area contributed by atoms with Crippen molar-refractivity contribution in [3.8, 4) is 0 Å². The molecule has 8 heteroatoms. The van der Waals surface area contributed by atoms with Gasteiger partial charge in [0.15, 0.2) is 0 Å². The number of likely N-dealkylation sites (N-methyl/N-ethyl adjacent to an activating group) is 1. The topological polar surface area (TPSA) is 73.0 Å². The minimum Gasteiger partial charge on any atom is -0.342 e. The first-order valence-electron chi connectivity index (χ1n) is 9.64. The summed E-state index contributed by atoms with van der Waals surface area (Å²) in [7, 11) is 0.464. The molecule has 1 aliphatic carbocycles. The van der Waals surface area contributed by atoms with Gasteiger partial charge in [0.05, 0.1) is 4.90 Å². The number of hydrogen-bond acceptors (Lipinski definition) is 5. The van der Waals surface area contributed by atoms with Crippen LogP contribution in [0.25, 0.3) is 0 Å². The molecule has 150 valence electrons. The average molecular weight is 395 g/mol. The molecule has 2 aliphatic rings. The van der Waals surface area contributed by atoms with Crippen molar-refractivity contribution < 1.29 is 13.2 Å². The Hall–Kier alpha value is -1.48. The van der Waals surface area contributed by atoms with E-state index in [1.807, 2.05) is 0 Å². The molecule has 0 spiro atoms. The Labute approximate surface area is 162 Å². The summed E-state index contributed by atoms with van der Waals surface area (Å²) >= 11 is 0. The summed E-state index contributed by atoms with van der Waals surface area (Å²) in [6.45, 7) is 6.04. The van der Waals surface area contributed by atoms with Crippen molar-refractivity contribution in [2.75, 3.05) is 53.4 Å². The molecule has 1 aromatic rings. The fourth-order valence-electron chi connectivity index (χ4n) is 3.19. The summed E-state index contributed by atoms with van der Waals surface area (Å²) in [6.07, 6.45) is 2.73. The van der Waals surface area contributed by atoms with Crippen molar-refractivity contribution in [3.63, 3.8) is 0 Å². The van der Waals surface area contributed by atoms with E-state index in [4.69, 9.17) is 0 Å². The molecule has 1 aromatic carbocycles. The van der Waals surface area contributed by atoms with Crippen LogP contribution in [0, 0.1) is 0 Å². The number of benzene rings is 1. The van der Waals surface area contributed by atoms with E-state index >= 15 is 0 Å². The van der Waals surface area contributed by atoms with Crippen LogP contribution in [-0.4, -0.2) is 88.4 Å². The highest BCUT2D eigenvalue weighted by molar-refractivity contribution is 7.89. The summed E-state index contributed by atoms with van der Waals surface area (Å²) in [5, 5.41) is 0. The number of sulfonamides is 1. The van der Waals surface area contributed by atoms with E-state index in [2.05, 4.69) is 21.6 Å². The van der Waals surface area contributed by atoms with Gasteiger partial charge in [-0.1, -0.05) is 0 Å². The molecule has 3 rings (SSSR count). The fraction of sp³-hybridized carbons (Fsp3) is 0.632. The van der Waals surface area contributed by atoms with Gasteiger partial charge >= 0.3 is 0 Å². The normalized spacial score (nSPS) is 19.2. The summed E-state index contributed by atoms with van der Waals surface area (Å²) in [5.74, 6) is -0.0764. The van der Waals surface area contributed by atoms with Gasteiger partial charge in [0.1, 0.15) is 0 Å². The first kappa shape index (κ1) is 20.3. The molecule has 27 heavy (non-hydrogen) atoms. The maximum atomic E-state index is 12.6. The lowest BCUT2D eigenvalue weighted by molar-refractivity contribution is 0.0783. The number of nitrogens with zero attached hydrogens (tertiary/aromatic N) is 3. The third kappa shape index (κ3) is 5.75. The van der Waals surface area contributed by atoms with E-state index in [0.717, 1.165) is 52.0 Å². The van der Waals surface area contributed by atoms with E-state index in [-0.39, 0.29) is 16.8 Å². The van der Waals surface area contributed by atoms with Crippen molar-refractivity contribution in [2.24, 2.45) is 0 Å². The van der Waals surface area contributed by atoms with Crippen LogP contribution in [-0.2, 0) is 10.0 Å². The molecule has 0 radical (unpaired) electrons. The third-order valence-corrected chi connectivity index (χ3v) is 6.76. The van der Waals surface area contributed by atoms with Crippen LogP contribution in [0.5, 0.6) is 0 Å². The van der Waals surface area contributed by atoms with E-state index in [1.165, 1.54) is 12.1 Å². The largest absolute Gasteiger partial charge is 0.342 e. The molecule has 0 unspecified atom stereocenters. The van der Waals surface area contributed by atoms with Gasteiger partial charge in [0.25, 0.3) is 5.91 Å². The maximum Gasteiger partial charge on any atom is 0.253 e. The molecule has 1 saturated carbocycles. The second-order valence-electron chi connectivity index (χ2n) is 7.65. The van der Waals surface area contributed by atoms with Gasteiger partial charge in [0, 0.05) is 51.4 Å². The zero-order chi connectivity index (χ0) is 19.4. The molecule has 1 aliphatic heterocycles. The Morgan fingerprint density at radius 1 is 1.15 bits per heavy atom. The Bertz CT molecular complexity index is 739. The van der Waals surface area contributed by atoms with Crippen molar-refractivity contribution in [1.29, 1.82) is 0 Å². The van der Waals surface area contributed by atoms with Crippen molar-refractivity contribution in [1.82, 2.24) is 19.4 Å². The molecule has 1 amide bonds. The summed E-state index contributed by atoms with van der Waals surface area (Å²) < 4.78 is 27.0. The first-order valence-corrected chi connectivity index (χ1v) is 11.1. The Kier molecular flexibility index (Phi) is 6.52. The number of nitrogens with one attached hydrogen (secondary N) is 1. The second kappa shape index (κ2) is 8.68. The van der Waals surface area contributed by atoms with Crippen molar-refractivity contribution >= 4 is 15.9 Å². The Morgan fingerprint density at radius 2 is 1.78 bits per heavy atom. The number of rotatable bonds is 8. The zero-order valence-corrected chi connectivity index (χ0v) is 17.0. The monoisotopic (exact) mass is 394 g/mol. The van der Waals surface area contributed by atoms with Crippen LogP contribution in [0.15, 0.2) is 29.2 Å². The third-order valence-electron chi connectivity index (χ3n) is 5.22. The van der Waals surface area contributed by atoms with Gasteiger partial charge in [-0.3, -0.25) is 4.79 Å². The predicted octanol–water partition coefficient (Wildman–Crippen LogP) is 0.837. The molecule has 1 saturated heterocycles. The standard InChI is InChI=1S/C19H30N4O3S/c1-21-12-14-23(15-13-21)11-3-10-22(2)19(24)16-4-8-18(9-5-16)27(25,26)20-17-6-7-17/h4-5,8-9,17,20H,3,6-7,10-15H2,1-2H3. The number of piperazine rings is 1. The van der Waals surface area contributed by atoms with Crippen LogP contribution in [0.1, 0.15) is 29.6 Å². The summed E-state index contributed by atoms with van der Waals surface area (Å²) in [5.41, 5.74) is 0.516. The van der Waals surface area contributed by atoms with Crippen molar-refractivity contribution in [3.05, 3.63) is 29.8 Å². The number of hydrogen-bond donors (Lipinski definition) is 1. The van der Waals surface area contributed by atoms with Gasteiger partial charge in [0.2, 0.25) is 10.0 Å². The molecular weight excluding hydrogens is 364 g/mol. The molecule has 1 N–H and O–H groups in total. The molecular formula is C19H30N4O3S. The lowest BCUT2D eigenvalue weighted by atomic mass is 10.2. The maximum absolute atomic E-state index is 12.6. The predicted molar refractivity (Wildman–Crippen MR) is 105 cm³/mol. The quantitative estimate of drug-likeness (QED) is 0.707. The van der Waals surface area contributed by atoms with Gasteiger partial charge in [-0.2, -0.15) is 0 Å². The number of carbonyl (C=O) groups excluding carboxylic acids is 1. The molecule has 2 fully saturated rings. The molecule has 0 bridgehead atoms. The lowest BCUT2D eigenvalue weighted by Crippen LogP contribution is -2.45. The van der Waals surface area contributed by atoms with E-state index in [1.54, 1.807) is 24.1 Å².